The van der Waals surface area contributed by atoms with E-state index in [9.17, 15) is 4.79 Å². The van der Waals surface area contributed by atoms with Gasteiger partial charge in [0.25, 0.3) is 0 Å². The number of hydrogen-bond acceptors (Lipinski definition) is 5. The van der Waals surface area contributed by atoms with Crippen molar-refractivity contribution in [2.45, 2.75) is 32.7 Å². The zero-order valence-corrected chi connectivity index (χ0v) is 14.7. The Morgan fingerprint density at radius 1 is 1.25 bits per heavy atom. The van der Waals surface area contributed by atoms with Gasteiger partial charge < -0.3 is 20.9 Å². The summed E-state index contributed by atoms with van der Waals surface area (Å²) in [6.07, 6.45) is 3.83. The van der Waals surface area contributed by atoms with E-state index in [4.69, 9.17) is 5.73 Å². The summed E-state index contributed by atoms with van der Waals surface area (Å²) in [6.45, 7) is 9.27. The number of guanidine groups is 1. The molecule has 0 radical (unpaired) electrons. The summed E-state index contributed by atoms with van der Waals surface area (Å²) in [5.41, 5.74) is 5.67. The van der Waals surface area contributed by atoms with E-state index < -0.39 is 0 Å². The molecule has 2 rings (SSSR count). The van der Waals surface area contributed by atoms with E-state index in [1.165, 1.54) is 0 Å². The second kappa shape index (κ2) is 7.94. The van der Waals surface area contributed by atoms with Crippen molar-refractivity contribution in [2.75, 3.05) is 37.6 Å². The molecule has 1 amide bonds. The van der Waals surface area contributed by atoms with Crippen LogP contribution in [0.1, 0.15) is 27.2 Å². The molecule has 0 saturated carbocycles. The highest BCUT2D eigenvalue weighted by atomic mass is 16.2. The van der Waals surface area contributed by atoms with Crippen LogP contribution in [0.2, 0.25) is 0 Å². The Labute approximate surface area is 143 Å². The Bertz CT molecular complexity index is 560. The Hall–Kier alpha value is -2.38. The predicted molar refractivity (Wildman–Crippen MR) is 94.8 cm³/mol. The lowest BCUT2D eigenvalue weighted by atomic mass is 10.1. The lowest BCUT2D eigenvalue weighted by Crippen LogP contribution is -2.49. The first-order chi connectivity index (χ1) is 11.3. The number of anilines is 1. The maximum atomic E-state index is 12.3. The molecule has 0 atom stereocenters. The summed E-state index contributed by atoms with van der Waals surface area (Å²) >= 11 is 0. The van der Waals surface area contributed by atoms with E-state index in [0.29, 0.717) is 32.0 Å². The van der Waals surface area contributed by atoms with Gasteiger partial charge in [0.1, 0.15) is 0 Å². The van der Waals surface area contributed by atoms with Gasteiger partial charge in [-0.1, -0.05) is 0 Å². The molecule has 0 bridgehead atoms. The van der Waals surface area contributed by atoms with Gasteiger partial charge in [-0.25, -0.2) is 9.97 Å². The largest absolute Gasteiger partial charge is 0.370 e. The van der Waals surface area contributed by atoms with Gasteiger partial charge in [0.2, 0.25) is 11.9 Å². The summed E-state index contributed by atoms with van der Waals surface area (Å²) in [6, 6.07) is 1.80. The Kier molecular flexibility index (Phi) is 5.94. The third-order valence-corrected chi connectivity index (χ3v) is 3.58. The van der Waals surface area contributed by atoms with Gasteiger partial charge >= 0.3 is 0 Å². The zero-order valence-electron chi connectivity index (χ0n) is 14.7. The summed E-state index contributed by atoms with van der Waals surface area (Å²) in [5, 5.41) is 3.08. The van der Waals surface area contributed by atoms with Crippen molar-refractivity contribution in [1.29, 1.82) is 0 Å². The average Bonchev–Trinajstić information content (AvgIpc) is 2.54. The smallest absolute Gasteiger partial charge is 0.225 e. The van der Waals surface area contributed by atoms with Gasteiger partial charge in [-0.15, -0.1) is 0 Å². The van der Waals surface area contributed by atoms with Crippen LogP contribution in [0.15, 0.2) is 23.5 Å². The monoisotopic (exact) mass is 333 g/mol. The first-order valence-electron chi connectivity index (χ1n) is 8.23. The van der Waals surface area contributed by atoms with Crippen molar-refractivity contribution in [3.05, 3.63) is 18.5 Å². The van der Waals surface area contributed by atoms with Crippen LogP contribution < -0.4 is 16.0 Å². The van der Waals surface area contributed by atoms with Gasteiger partial charge in [-0.3, -0.25) is 9.79 Å². The number of nitrogens with one attached hydrogen (secondary N) is 1. The molecule has 0 unspecified atom stereocenters. The van der Waals surface area contributed by atoms with E-state index in [-0.39, 0.29) is 11.4 Å². The molecule has 0 aliphatic carbocycles. The number of aliphatic imine (C=N–C) groups is 1. The number of rotatable bonds is 4. The molecule has 1 aliphatic rings. The number of carbonyl (C=O) groups is 1. The van der Waals surface area contributed by atoms with Gasteiger partial charge in [-0.2, -0.15) is 0 Å². The van der Waals surface area contributed by atoms with E-state index in [2.05, 4.69) is 25.2 Å². The summed E-state index contributed by atoms with van der Waals surface area (Å²) < 4.78 is 0. The second-order valence-corrected chi connectivity index (χ2v) is 6.81. The van der Waals surface area contributed by atoms with Crippen LogP contribution >= 0.6 is 0 Å². The van der Waals surface area contributed by atoms with Crippen molar-refractivity contribution >= 4 is 17.8 Å². The third-order valence-electron chi connectivity index (χ3n) is 3.58. The molecule has 1 aromatic heterocycles. The number of nitrogens with two attached hydrogens (primary N) is 1. The van der Waals surface area contributed by atoms with Gasteiger partial charge in [0.15, 0.2) is 5.96 Å². The molecule has 3 N–H and O–H groups in total. The number of hydrogen-bond donors (Lipinski definition) is 2. The fourth-order valence-electron chi connectivity index (χ4n) is 2.46. The Morgan fingerprint density at radius 3 is 2.46 bits per heavy atom. The highest BCUT2D eigenvalue weighted by Gasteiger charge is 2.22. The topological polar surface area (TPSA) is 99.7 Å². The first kappa shape index (κ1) is 18.0. The zero-order chi connectivity index (χ0) is 17.6. The van der Waals surface area contributed by atoms with Crippen LogP contribution in [0.5, 0.6) is 0 Å². The number of carbonyl (C=O) groups excluding carboxylic acids is 1. The standard InChI is InChI=1S/C16H27N7O/c1-16(2,3)21-14(17)18-8-5-13(24)22-9-11-23(12-10-22)15-19-6-4-7-20-15/h4,6-7H,5,8-12H2,1-3H3,(H3,17,18,21). The molecule has 132 valence electrons. The van der Waals surface area contributed by atoms with Crippen molar-refractivity contribution in [2.24, 2.45) is 10.7 Å². The first-order valence-corrected chi connectivity index (χ1v) is 8.23. The Morgan fingerprint density at radius 2 is 1.88 bits per heavy atom. The summed E-state index contributed by atoms with van der Waals surface area (Å²) in [7, 11) is 0. The van der Waals surface area contributed by atoms with E-state index in [0.717, 1.165) is 19.0 Å². The minimum Gasteiger partial charge on any atom is -0.370 e. The molecule has 8 heteroatoms. The fourth-order valence-corrected chi connectivity index (χ4v) is 2.46. The normalized spacial score (nSPS) is 16.2. The van der Waals surface area contributed by atoms with E-state index in [1.807, 2.05) is 25.7 Å². The molecule has 1 fully saturated rings. The SMILES string of the molecule is CC(C)(C)NC(N)=NCCC(=O)N1CCN(c2ncccn2)CC1. The lowest BCUT2D eigenvalue weighted by Gasteiger charge is -2.34. The molecule has 24 heavy (non-hydrogen) atoms. The molecule has 0 spiro atoms. The maximum absolute atomic E-state index is 12.3. The highest BCUT2D eigenvalue weighted by Crippen LogP contribution is 2.10. The van der Waals surface area contributed by atoms with Gasteiger partial charge in [0.05, 0.1) is 6.54 Å². The molecular formula is C16H27N7O. The molecule has 1 aliphatic heterocycles. The molecule has 1 saturated heterocycles. The van der Waals surface area contributed by atoms with Crippen molar-refractivity contribution in [3.63, 3.8) is 0 Å². The highest BCUT2D eigenvalue weighted by molar-refractivity contribution is 5.80. The van der Waals surface area contributed by atoms with E-state index >= 15 is 0 Å². The third kappa shape index (κ3) is 5.68. The predicted octanol–water partition coefficient (Wildman–Crippen LogP) is 0.218. The second-order valence-electron chi connectivity index (χ2n) is 6.81. The van der Waals surface area contributed by atoms with Crippen LogP contribution in [0.3, 0.4) is 0 Å². The lowest BCUT2D eigenvalue weighted by molar-refractivity contribution is -0.131. The van der Waals surface area contributed by atoms with Gasteiger partial charge in [-0.05, 0) is 26.8 Å². The van der Waals surface area contributed by atoms with Crippen LogP contribution in [-0.4, -0.2) is 65.0 Å². The quantitative estimate of drug-likeness (QED) is 0.604. The van der Waals surface area contributed by atoms with Crippen LogP contribution in [0.25, 0.3) is 0 Å². The minimum absolute atomic E-state index is 0.107. The summed E-state index contributed by atoms with van der Waals surface area (Å²) in [5.74, 6) is 1.20. The molecule has 2 heterocycles. The molecule has 1 aromatic rings. The van der Waals surface area contributed by atoms with Crippen LogP contribution in [0.4, 0.5) is 5.95 Å². The van der Waals surface area contributed by atoms with Crippen molar-refractivity contribution in [1.82, 2.24) is 20.2 Å². The Balaban J connectivity index is 1.74. The number of amides is 1. The fraction of sp³-hybridized carbons (Fsp3) is 0.625. The average molecular weight is 333 g/mol. The molecule has 0 aromatic carbocycles. The van der Waals surface area contributed by atoms with Crippen LogP contribution in [0, 0.1) is 0 Å². The number of aromatic nitrogens is 2. The maximum Gasteiger partial charge on any atom is 0.225 e. The van der Waals surface area contributed by atoms with E-state index in [1.54, 1.807) is 18.5 Å². The van der Waals surface area contributed by atoms with Gasteiger partial charge in [0, 0.05) is 50.5 Å². The van der Waals surface area contributed by atoms with Crippen LogP contribution in [-0.2, 0) is 4.79 Å². The van der Waals surface area contributed by atoms with Crippen molar-refractivity contribution < 1.29 is 4.79 Å². The molecule has 8 nitrogen and oxygen atoms in total. The summed E-state index contributed by atoms with van der Waals surface area (Å²) in [4.78, 5) is 28.9. The van der Waals surface area contributed by atoms with Crippen molar-refractivity contribution in [3.8, 4) is 0 Å². The number of piperazine rings is 1. The minimum atomic E-state index is -0.132. The molecular weight excluding hydrogens is 306 g/mol. The number of nitrogens with zero attached hydrogens (tertiary/aromatic N) is 5.